The number of amides is 1. The van der Waals surface area contributed by atoms with Crippen molar-refractivity contribution in [3.05, 3.63) is 79.1 Å². The highest BCUT2D eigenvalue weighted by atomic mass is 16.5. The standard InChI is InChI=1S/C20H27N3O5.C16H17NO6/c1-13(24)15-10-14(20(26)21-4-5-22(2)3)11-16-17(25)12-18(28-19(15)16)23-6-8-27-9-7-23;1-9(18)11-6-10(16(20)21)7-12-13(19)8-14(23-15(11)12)17-2-4-22-5-3-17/h10-13,24H,4-9H2,1-3H3,(H,21,26);6-9,18H,2-5H2,1H3,(H,20,21). The average molecular weight is 709 g/mol. The Morgan fingerprint density at radius 3 is 1.59 bits per heavy atom. The summed E-state index contributed by atoms with van der Waals surface area (Å²) in [5.41, 5.74) is 0.932. The van der Waals surface area contributed by atoms with Crippen molar-refractivity contribution in [3.63, 3.8) is 0 Å². The Kier molecular flexibility index (Phi) is 12.1. The van der Waals surface area contributed by atoms with Gasteiger partial charge in [-0.1, -0.05) is 0 Å². The zero-order valence-electron chi connectivity index (χ0n) is 29.1. The Balaban J connectivity index is 0.000000201. The summed E-state index contributed by atoms with van der Waals surface area (Å²) in [7, 11) is 3.84. The highest BCUT2D eigenvalue weighted by molar-refractivity contribution is 5.99. The zero-order chi connectivity index (χ0) is 36.8. The first kappa shape index (κ1) is 37.5. The van der Waals surface area contributed by atoms with Gasteiger partial charge in [-0.25, -0.2) is 4.79 Å². The Bertz CT molecular complexity index is 1990. The molecule has 0 bridgehead atoms. The maximum Gasteiger partial charge on any atom is 0.335 e. The number of aromatic carboxylic acids is 1. The van der Waals surface area contributed by atoms with Crippen LogP contribution in [0.4, 0.5) is 11.8 Å². The minimum Gasteiger partial charge on any atom is -0.478 e. The molecule has 0 spiro atoms. The molecule has 0 aliphatic carbocycles. The average Bonchev–Trinajstić information content (AvgIpc) is 3.11. The third-order valence-corrected chi connectivity index (χ3v) is 8.59. The minimum absolute atomic E-state index is 0.0557. The molecule has 2 unspecified atom stereocenters. The number of carbonyl (C=O) groups is 2. The molecule has 2 aromatic carbocycles. The van der Waals surface area contributed by atoms with Crippen LogP contribution in [0.3, 0.4) is 0 Å². The van der Waals surface area contributed by atoms with E-state index in [2.05, 4.69) is 5.32 Å². The fraction of sp³-hybridized carbons (Fsp3) is 0.444. The highest BCUT2D eigenvalue weighted by Gasteiger charge is 2.22. The molecule has 2 fully saturated rings. The van der Waals surface area contributed by atoms with Crippen LogP contribution in [0.1, 0.15) is 57.9 Å². The molecule has 15 heteroatoms. The molecule has 2 aromatic heterocycles. The van der Waals surface area contributed by atoms with E-state index < -0.39 is 18.2 Å². The van der Waals surface area contributed by atoms with Gasteiger partial charge < -0.3 is 53.6 Å². The molecule has 51 heavy (non-hydrogen) atoms. The number of rotatable bonds is 9. The fourth-order valence-corrected chi connectivity index (χ4v) is 5.79. The zero-order valence-corrected chi connectivity index (χ0v) is 29.1. The number of carboxylic acid groups (broad SMARTS) is 1. The number of likely N-dealkylation sites (N-methyl/N-ethyl adjacent to an activating group) is 1. The van der Waals surface area contributed by atoms with Crippen molar-refractivity contribution < 1.29 is 43.2 Å². The van der Waals surface area contributed by atoms with E-state index in [0.29, 0.717) is 94.2 Å². The molecule has 0 radical (unpaired) electrons. The van der Waals surface area contributed by atoms with E-state index in [-0.39, 0.29) is 44.2 Å². The van der Waals surface area contributed by atoms with Gasteiger partial charge in [0, 0.05) is 68.1 Å². The summed E-state index contributed by atoms with van der Waals surface area (Å²) in [6, 6.07) is 8.52. The molecule has 274 valence electrons. The van der Waals surface area contributed by atoms with E-state index in [9.17, 15) is 29.4 Å². The number of fused-ring (bicyclic) bond motifs is 2. The van der Waals surface area contributed by atoms with Crippen molar-refractivity contribution in [2.75, 3.05) is 89.6 Å². The summed E-state index contributed by atoms with van der Waals surface area (Å²) >= 11 is 0. The van der Waals surface area contributed by atoms with E-state index in [1.165, 1.54) is 37.3 Å². The number of aliphatic hydroxyl groups is 2. The third-order valence-electron chi connectivity index (χ3n) is 8.59. The summed E-state index contributed by atoms with van der Waals surface area (Å²) < 4.78 is 22.4. The van der Waals surface area contributed by atoms with Crippen molar-refractivity contribution in [1.29, 1.82) is 0 Å². The lowest BCUT2D eigenvalue weighted by molar-refractivity contribution is 0.0696. The molecule has 4 aromatic rings. The molecular formula is C36H44N4O11. The van der Waals surface area contributed by atoms with Crippen molar-refractivity contribution in [2.24, 2.45) is 0 Å². The lowest BCUT2D eigenvalue weighted by Gasteiger charge is -2.27. The number of benzene rings is 2. The number of ether oxygens (including phenoxy) is 2. The number of carboxylic acids is 1. The quantitative estimate of drug-likeness (QED) is 0.198. The molecule has 15 nitrogen and oxygen atoms in total. The summed E-state index contributed by atoms with van der Waals surface area (Å²) in [6.07, 6.45) is -1.85. The number of morpholine rings is 2. The molecule has 6 rings (SSSR count). The fourth-order valence-electron chi connectivity index (χ4n) is 5.79. The number of nitrogens with zero attached hydrogens (tertiary/aromatic N) is 3. The van der Waals surface area contributed by atoms with Gasteiger partial charge in [0.05, 0.1) is 55.0 Å². The summed E-state index contributed by atoms with van der Waals surface area (Å²) in [6.45, 7) is 8.96. The molecule has 2 aliphatic heterocycles. The first-order valence-electron chi connectivity index (χ1n) is 16.8. The van der Waals surface area contributed by atoms with Crippen LogP contribution >= 0.6 is 0 Å². The second-order valence-electron chi connectivity index (χ2n) is 12.7. The van der Waals surface area contributed by atoms with E-state index in [0.717, 1.165) is 0 Å². The van der Waals surface area contributed by atoms with Crippen molar-refractivity contribution >= 4 is 45.6 Å². The Hall–Kier alpha value is -4.80. The lowest BCUT2D eigenvalue weighted by atomic mass is 10.0. The molecule has 1 amide bonds. The van der Waals surface area contributed by atoms with Crippen molar-refractivity contribution in [1.82, 2.24) is 10.2 Å². The number of carbonyl (C=O) groups excluding carboxylic acids is 1. The van der Waals surface area contributed by atoms with Gasteiger partial charge in [-0.2, -0.15) is 0 Å². The first-order valence-corrected chi connectivity index (χ1v) is 16.8. The number of nitrogens with one attached hydrogen (secondary N) is 1. The van der Waals surface area contributed by atoms with Crippen LogP contribution in [0.15, 0.2) is 54.8 Å². The van der Waals surface area contributed by atoms with Crippen LogP contribution in [0, 0.1) is 0 Å². The van der Waals surface area contributed by atoms with Gasteiger partial charge in [-0.15, -0.1) is 0 Å². The normalized spacial score (nSPS) is 16.1. The Morgan fingerprint density at radius 2 is 1.18 bits per heavy atom. The molecule has 2 saturated heterocycles. The van der Waals surface area contributed by atoms with Gasteiger partial charge in [-0.05, 0) is 52.2 Å². The Morgan fingerprint density at radius 1 is 0.745 bits per heavy atom. The minimum atomic E-state index is -1.16. The van der Waals surface area contributed by atoms with E-state index >= 15 is 0 Å². The van der Waals surface area contributed by atoms with Gasteiger partial charge in [0.15, 0.2) is 22.6 Å². The predicted molar refractivity (Wildman–Crippen MR) is 190 cm³/mol. The third kappa shape index (κ3) is 8.93. The maximum absolute atomic E-state index is 12.8. The SMILES string of the molecule is CC(O)c1cc(C(=O)NCCN(C)C)cc2c(=O)cc(N3CCOCC3)oc12.CC(O)c1cc(C(=O)O)cc2c(=O)cc(N3CCOCC3)oc12. The van der Waals surface area contributed by atoms with E-state index in [4.69, 9.17) is 23.4 Å². The predicted octanol–water partition coefficient (Wildman–Crippen LogP) is 2.36. The largest absolute Gasteiger partial charge is 0.478 e. The molecular weight excluding hydrogens is 664 g/mol. The van der Waals surface area contributed by atoms with E-state index in [1.807, 2.05) is 28.8 Å². The smallest absolute Gasteiger partial charge is 0.335 e. The number of hydrogen-bond acceptors (Lipinski definition) is 13. The maximum atomic E-state index is 12.8. The monoisotopic (exact) mass is 708 g/mol. The number of aliphatic hydroxyl groups excluding tert-OH is 2. The van der Waals surface area contributed by atoms with Crippen LogP contribution < -0.4 is 26.0 Å². The van der Waals surface area contributed by atoms with Gasteiger partial charge >= 0.3 is 5.97 Å². The molecule has 2 atom stereocenters. The molecule has 2 aliphatic rings. The second kappa shape index (κ2) is 16.5. The van der Waals surface area contributed by atoms with Crippen molar-refractivity contribution in [2.45, 2.75) is 26.1 Å². The van der Waals surface area contributed by atoms with Crippen molar-refractivity contribution in [3.8, 4) is 0 Å². The van der Waals surface area contributed by atoms with Crippen LogP contribution in [0.2, 0.25) is 0 Å². The lowest BCUT2D eigenvalue weighted by Crippen LogP contribution is -2.36. The van der Waals surface area contributed by atoms with Gasteiger partial charge in [0.25, 0.3) is 5.91 Å². The highest BCUT2D eigenvalue weighted by Crippen LogP contribution is 2.30. The summed E-state index contributed by atoms with van der Waals surface area (Å²) in [5, 5.41) is 32.6. The summed E-state index contributed by atoms with van der Waals surface area (Å²) in [4.78, 5) is 54.7. The first-order chi connectivity index (χ1) is 24.3. The summed E-state index contributed by atoms with van der Waals surface area (Å²) in [5.74, 6) is -0.602. The molecule has 0 saturated carbocycles. The molecule has 4 N–H and O–H groups in total. The number of hydrogen-bond donors (Lipinski definition) is 4. The van der Waals surface area contributed by atoms with Crippen LogP contribution in [0.25, 0.3) is 21.9 Å². The van der Waals surface area contributed by atoms with Gasteiger partial charge in [-0.3, -0.25) is 14.4 Å². The van der Waals surface area contributed by atoms with Crippen LogP contribution in [-0.2, 0) is 9.47 Å². The van der Waals surface area contributed by atoms with Crippen LogP contribution in [-0.4, -0.2) is 112 Å². The number of anilines is 2. The van der Waals surface area contributed by atoms with Gasteiger partial charge in [0.1, 0.15) is 11.2 Å². The second-order valence-corrected chi connectivity index (χ2v) is 12.7. The molecule has 4 heterocycles. The Labute approximate surface area is 293 Å². The van der Waals surface area contributed by atoms with Crippen LogP contribution in [0.5, 0.6) is 0 Å². The van der Waals surface area contributed by atoms with E-state index in [1.54, 1.807) is 13.0 Å². The topological polar surface area (TPSA) is 195 Å². The van der Waals surface area contributed by atoms with Gasteiger partial charge in [0.2, 0.25) is 0 Å².